The van der Waals surface area contributed by atoms with Gasteiger partial charge in [-0.05, 0) is 37.8 Å². The molecule has 0 radical (unpaired) electrons. The quantitative estimate of drug-likeness (QED) is 0.921. The number of amides is 2. The first kappa shape index (κ1) is 14.4. The standard InChI is InChI=1S/C16H19N5OS/c1-10-9-23-15(18-10)19-16(22)21-12-3-4-13(21)8-11(7-12)14-5-6-17-20(14)2/h5-7,9,12-13H,3-4,8H2,1-2H3,(H,18,19,22)/t12-,13-/m1/s1. The van der Waals surface area contributed by atoms with Crippen LogP contribution in [0.5, 0.6) is 0 Å². The average molecular weight is 329 g/mol. The van der Waals surface area contributed by atoms with Crippen LogP contribution < -0.4 is 5.32 Å². The predicted octanol–water partition coefficient (Wildman–Crippen LogP) is 3.04. The summed E-state index contributed by atoms with van der Waals surface area (Å²) >= 11 is 1.47. The first-order valence-electron chi connectivity index (χ1n) is 7.82. The normalized spacial score (nSPS) is 23.0. The minimum absolute atomic E-state index is 0.0350. The van der Waals surface area contributed by atoms with Crippen LogP contribution in [0.25, 0.3) is 5.57 Å². The van der Waals surface area contributed by atoms with Gasteiger partial charge < -0.3 is 4.90 Å². The van der Waals surface area contributed by atoms with E-state index in [4.69, 9.17) is 0 Å². The second kappa shape index (κ2) is 5.49. The summed E-state index contributed by atoms with van der Waals surface area (Å²) in [7, 11) is 1.96. The highest BCUT2D eigenvalue weighted by Crippen LogP contribution is 2.38. The Balaban J connectivity index is 1.54. The topological polar surface area (TPSA) is 63.1 Å². The Morgan fingerprint density at radius 3 is 2.96 bits per heavy atom. The number of aromatic nitrogens is 3. The zero-order chi connectivity index (χ0) is 16.0. The van der Waals surface area contributed by atoms with Gasteiger partial charge in [0.2, 0.25) is 0 Å². The Morgan fingerprint density at radius 1 is 1.43 bits per heavy atom. The number of carbonyl (C=O) groups excluding carboxylic acids is 1. The van der Waals surface area contributed by atoms with E-state index in [1.165, 1.54) is 16.9 Å². The van der Waals surface area contributed by atoms with Crippen LogP contribution in [0.2, 0.25) is 0 Å². The van der Waals surface area contributed by atoms with Gasteiger partial charge in [-0.2, -0.15) is 5.10 Å². The van der Waals surface area contributed by atoms with Crippen molar-refractivity contribution in [3.05, 3.63) is 35.1 Å². The number of hydrogen-bond acceptors (Lipinski definition) is 4. The lowest BCUT2D eigenvalue weighted by atomic mass is 9.99. The fraction of sp³-hybridized carbons (Fsp3) is 0.438. The van der Waals surface area contributed by atoms with Gasteiger partial charge in [-0.1, -0.05) is 6.08 Å². The highest BCUT2D eigenvalue weighted by Gasteiger charge is 2.40. The van der Waals surface area contributed by atoms with Crippen LogP contribution in [0, 0.1) is 6.92 Å². The van der Waals surface area contributed by atoms with Crippen molar-refractivity contribution < 1.29 is 4.79 Å². The summed E-state index contributed by atoms with van der Waals surface area (Å²) in [6.45, 7) is 1.93. The first-order chi connectivity index (χ1) is 11.1. The van der Waals surface area contributed by atoms with E-state index >= 15 is 0 Å². The van der Waals surface area contributed by atoms with Gasteiger partial charge in [0.25, 0.3) is 0 Å². The Labute approximate surface area is 138 Å². The lowest BCUT2D eigenvalue weighted by Crippen LogP contribution is -2.45. The summed E-state index contributed by atoms with van der Waals surface area (Å²) in [4.78, 5) is 18.9. The Morgan fingerprint density at radius 2 is 2.30 bits per heavy atom. The van der Waals surface area contributed by atoms with Crippen LogP contribution in [0.3, 0.4) is 0 Å². The fourth-order valence-electron chi connectivity index (χ4n) is 3.59. The SMILES string of the molecule is Cc1csc(NC(=O)N2[C@@H]3CC[C@@H]2C=C(c2ccnn2C)C3)n1. The Kier molecular flexibility index (Phi) is 3.45. The molecule has 7 heteroatoms. The minimum Gasteiger partial charge on any atom is -0.315 e. The molecule has 1 fully saturated rings. The third-order valence-electron chi connectivity index (χ3n) is 4.61. The third kappa shape index (κ3) is 2.55. The van der Waals surface area contributed by atoms with E-state index in [-0.39, 0.29) is 18.1 Å². The maximum absolute atomic E-state index is 12.6. The van der Waals surface area contributed by atoms with Gasteiger partial charge in [0.15, 0.2) is 5.13 Å². The van der Waals surface area contributed by atoms with Gasteiger partial charge in [0.1, 0.15) is 0 Å². The fourth-order valence-corrected chi connectivity index (χ4v) is 4.27. The zero-order valence-corrected chi connectivity index (χ0v) is 14.0. The van der Waals surface area contributed by atoms with Gasteiger partial charge in [-0.3, -0.25) is 10.00 Å². The molecule has 0 spiro atoms. The molecule has 4 heterocycles. The van der Waals surface area contributed by atoms with Gasteiger partial charge in [0.05, 0.1) is 17.4 Å². The summed E-state index contributed by atoms with van der Waals surface area (Å²) < 4.78 is 1.90. The van der Waals surface area contributed by atoms with E-state index in [2.05, 4.69) is 21.5 Å². The Hall–Kier alpha value is -2.15. The number of nitrogens with zero attached hydrogens (tertiary/aromatic N) is 4. The highest BCUT2D eigenvalue weighted by atomic mass is 32.1. The van der Waals surface area contributed by atoms with Gasteiger partial charge in [-0.15, -0.1) is 11.3 Å². The molecule has 2 aliphatic rings. The molecule has 2 atom stereocenters. The number of nitrogens with one attached hydrogen (secondary N) is 1. The number of aryl methyl sites for hydroxylation is 2. The number of carbonyl (C=O) groups is 1. The molecule has 1 saturated heterocycles. The third-order valence-corrected chi connectivity index (χ3v) is 5.49. The van der Waals surface area contributed by atoms with Crippen molar-refractivity contribution in [3.8, 4) is 0 Å². The lowest BCUT2D eigenvalue weighted by molar-refractivity contribution is 0.193. The van der Waals surface area contributed by atoms with E-state index < -0.39 is 0 Å². The maximum atomic E-state index is 12.6. The van der Waals surface area contributed by atoms with Crippen molar-refractivity contribution in [2.45, 2.75) is 38.3 Å². The summed E-state index contributed by atoms with van der Waals surface area (Å²) in [6, 6.07) is 2.43. The first-order valence-corrected chi connectivity index (χ1v) is 8.70. The molecule has 0 aromatic carbocycles. The van der Waals surface area contributed by atoms with E-state index in [9.17, 15) is 4.79 Å². The number of rotatable bonds is 2. The molecule has 2 aliphatic heterocycles. The predicted molar refractivity (Wildman–Crippen MR) is 90.3 cm³/mol. The van der Waals surface area contributed by atoms with Crippen molar-refractivity contribution in [2.75, 3.05) is 5.32 Å². The van der Waals surface area contributed by atoms with Crippen LogP contribution in [-0.4, -0.2) is 37.8 Å². The number of hydrogen-bond donors (Lipinski definition) is 1. The van der Waals surface area contributed by atoms with Crippen LogP contribution in [0.4, 0.5) is 9.93 Å². The molecule has 2 aromatic rings. The van der Waals surface area contributed by atoms with Crippen molar-refractivity contribution in [1.29, 1.82) is 0 Å². The minimum atomic E-state index is -0.0350. The monoisotopic (exact) mass is 329 g/mol. The number of urea groups is 1. The van der Waals surface area contributed by atoms with Crippen molar-refractivity contribution >= 4 is 28.1 Å². The summed E-state index contributed by atoms with van der Waals surface area (Å²) in [5.74, 6) is 0. The van der Waals surface area contributed by atoms with Crippen LogP contribution >= 0.6 is 11.3 Å². The molecular formula is C16H19N5OS. The average Bonchev–Trinajstić information content (AvgIpc) is 3.18. The number of fused-ring (bicyclic) bond motifs is 2. The van der Waals surface area contributed by atoms with E-state index in [1.54, 1.807) is 0 Å². The van der Waals surface area contributed by atoms with Gasteiger partial charge >= 0.3 is 6.03 Å². The van der Waals surface area contributed by atoms with E-state index in [1.807, 2.05) is 41.2 Å². The highest BCUT2D eigenvalue weighted by molar-refractivity contribution is 7.13. The smallest absolute Gasteiger partial charge is 0.315 e. The summed E-state index contributed by atoms with van der Waals surface area (Å²) in [5.41, 5.74) is 3.38. The number of anilines is 1. The molecule has 6 nitrogen and oxygen atoms in total. The molecule has 0 saturated carbocycles. The van der Waals surface area contributed by atoms with Crippen molar-refractivity contribution in [3.63, 3.8) is 0 Å². The molecule has 2 bridgehead atoms. The molecule has 2 amide bonds. The van der Waals surface area contributed by atoms with Gasteiger partial charge in [-0.25, -0.2) is 9.78 Å². The number of thiazole rings is 1. The Bertz CT molecular complexity index is 777. The second-order valence-electron chi connectivity index (χ2n) is 6.17. The molecule has 120 valence electrons. The molecule has 1 N–H and O–H groups in total. The second-order valence-corrected chi connectivity index (χ2v) is 7.02. The molecular weight excluding hydrogens is 310 g/mol. The van der Waals surface area contributed by atoms with Crippen LogP contribution in [0.15, 0.2) is 23.7 Å². The maximum Gasteiger partial charge on any atom is 0.324 e. The van der Waals surface area contributed by atoms with Crippen LogP contribution in [-0.2, 0) is 7.05 Å². The largest absolute Gasteiger partial charge is 0.324 e. The molecule has 0 aliphatic carbocycles. The summed E-state index contributed by atoms with van der Waals surface area (Å²) in [5, 5.41) is 9.81. The molecule has 2 aromatic heterocycles. The van der Waals surface area contributed by atoms with Crippen molar-refractivity contribution in [2.24, 2.45) is 7.05 Å². The molecule has 0 unspecified atom stereocenters. The molecule has 23 heavy (non-hydrogen) atoms. The van der Waals surface area contributed by atoms with E-state index in [0.717, 1.165) is 30.7 Å². The molecule has 4 rings (SSSR count). The van der Waals surface area contributed by atoms with Gasteiger partial charge in [0, 0.05) is 24.7 Å². The van der Waals surface area contributed by atoms with E-state index in [0.29, 0.717) is 5.13 Å². The lowest BCUT2D eigenvalue weighted by Gasteiger charge is -2.33. The van der Waals surface area contributed by atoms with Crippen molar-refractivity contribution in [1.82, 2.24) is 19.7 Å². The van der Waals surface area contributed by atoms with Crippen LogP contribution in [0.1, 0.15) is 30.7 Å². The summed E-state index contributed by atoms with van der Waals surface area (Å²) in [6.07, 6.45) is 7.01. The zero-order valence-electron chi connectivity index (χ0n) is 13.2.